The van der Waals surface area contributed by atoms with Crippen LogP contribution in [-0.4, -0.2) is 37.6 Å². The minimum Gasteiger partial charge on any atom is -0.317 e. The van der Waals surface area contributed by atoms with Crippen molar-refractivity contribution in [2.45, 2.75) is 32.1 Å². The third kappa shape index (κ3) is 4.11. The predicted molar refractivity (Wildman–Crippen MR) is 78.0 cm³/mol. The van der Waals surface area contributed by atoms with E-state index in [1.807, 2.05) is 0 Å². The second kappa shape index (κ2) is 7.55. The first-order chi connectivity index (χ1) is 8.90. The lowest BCUT2D eigenvalue weighted by Crippen LogP contribution is -2.34. The molecule has 2 rings (SSSR count). The molecule has 0 radical (unpaired) electrons. The van der Waals surface area contributed by atoms with E-state index in [4.69, 9.17) is 0 Å². The molecular weight excluding hydrogens is 220 g/mol. The molecule has 0 aliphatic carbocycles. The first-order valence-corrected chi connectivity index (χ1v) is 7.38. The van der Waals surface area contributed by atoms with Gasteiger partial charge in [-0.25, -0.2) is 0 Å². The quantitative estimate of drug-likeness (QED) is 0.777. The summed E-state index contributed by atoms with van der Waals surface area (Å²) in [5.74, 6) is 0.788. The molecule has 1 N–H and O–H groups in total. The largest absolute Gasteiger partial charge is 0.317 e. The maximum absolute atomic E-state index is 3.40. The molecule has 1 aromatic rings. The van der Waals surface area contributed by atoms with Gasteiger partial charge < -0.3 is 10.2 Å². The third-order valence-electron chi connectivity index (χ3n) is 3.94. The molecule has 1 aliphatic rings. The van der Waals surface area contributed by atoms with Crippen molar-refractivity contribution >= 4 is 0 Å². The monoisotopic (exact) mass is 246 g/mol. The molecule has 1 aliphatic heterocycles. The third-order valence-corrected chi connectivity index (χ3v) is 3.94. The molecule has 1 heterocycles. The average molecular weight is 246 g/mol. The summed E-state index contributed by atoms with van der Waals surface area (Å²) in [6.07, 6.45) is 3.93. The zero-order chi connectivity index (χ0) is 12.6. The molecule has 18 heavy (non-hydrogen) atoms. The van der Waals surface area contributed by atoms with Gasteiger partial charge in [0.05, 0.1) is 0 Å². The minimum absolute atomic E-state index is 0.788. The second-order valence-electron chi connectivity index (χ2n) is 5.23. The number of hydrogen-bond acceptors (Lipinski definition) is 2. The highest BCUT2D eigenvalue weighted by Gasteiger charge is 2.19. The topological polar surface area (TPSA) is 15.3 Å². The fourth-order valence-corrected chi connectivity index (χ4v) is 2.82. The summed E-state index contributed by atoms with van der Waals surface area (Å²) in [6.45, 7) is 8.22. The molecule has 0 spiro atoms. The number of piperidine rings is 1. The Morgan fingerprint density at radius 3 is 2.56 bits per heavy atom. The molecule has 0 atom stereocenters. The first kappa shape index (κ1) is 13.6. The lowest BCUT2D eigenvalue weighted by molar-refractivity contribution is 0.210. The summed E-state index contributed by atoms with van der Waals surface area (Å²) in [7, 11) is 0. The Labute approximate surface area is 111 Å². The molecule has 0 amide bonds. The zero-order valence-corrected chi connectivity index (χ0v) is 11.6. The fraction of sp³-hybridized carbons (Fsp3) is 0.625. The molecular formula is C16H26N2. The Bertz CT molecular complexity index is 315. The Balaban J connectivity index is 1.68. The number of benzene rings is 1. The molecule has 2 nitrogen and oxygen atoms in total. The SMILES string of the molecule is CCNCCCN1CCC(c2ccccc2)CC1. The van der Waals surface area contributed by atoms with Crippen LogP contribution in [0.1, 0.15) is 37.7 Å². The highest BCUT2D eigenvalue weighted by atomic mass is 15.1. The molecule has 0 aromatic heterocycles. The maximum atomic E-state index is 3.40. The number of rotatable bonds is 6. The van der Waals surface area contributed by atoms with Gasteiger partial charge in [0.1, 0.15) is 0 Å². The van der Waals surface area contributed by atoms with Gasteiger partial charge in [0, 0.05) is 0 Å². The minimum atomic E-state index is 0.788. The summed E-state index contributed by atoms with van der Waals surface area (Å²) in [6, 6.07) is 11.0. The lowest BCUT2D eigenvalue weighted by atomic mass is 9.89. The van der Waals surface area contributed by atoms with E-state index in [-0.39, 0.29) is 0 Å². The van der Waals surface area contributed by atoms with Gasteiger partial charge in [-0.2, -0.15) is 0 Å². The average Bonchev–Trinajstić information content (AvgIpc) is 2.45. The van der Waals surface area contributed by atoms with E-state index in [1.165, 1.54) is 44.5 Å². The number of hydrogen-bond donors (Lipinski definition) is 1. The van der Waals surface area contributed by atoms with Crippen LogP contribution in [0.2, 0.25) is 0 Å². The van der Waals surface area contributed by atoms with E-state index >= 15 is 0 Å². The molecule has 0 bridgehead atoms. The van der Waals surface area contributed by atoms with Crippen LogP contribution in [0.15, 0.2) is 30.3 Å². The van der Waals surface area contributed by atoms with Crippen LogP contribution >= 0.6 is 0 Å². The summed E-state index contributed by atoms with van der Waals surface area (Å²) >= 11 is 0. The Morgan fingerprint density at radius 2 is 1.89 bits per heavy atom. The molecule has 0 saturated carbocycles. The Hall–Kier alpha value is -0.860. The normalized spacial score (nSPS) is 18.1. The van der Waals surface area contributed by atoms with Crippen molar-refractivity contribution in [3.8, 4) is 0 Å². The highest BCUT2D eigenvalue weighted by molar-refractivity contribution is 5.19. The lowest BCUT2D eigenvalue weighted by Gasteiger charge is -2.32. The second-order valence-corrected chi connectivity index (χ2v) is 5.23. The predicted octanol–water partition coefficient (Wildman–Crippen LogP) is 2.87. The number of nitrogens with one attached hydrogen (secondary N) is 1. The summed E-state index contributed by atoms with van der Waals surface area (Å²) in [4.78, 5) is 2.62. The van der Waals surface area contributed by atoms with Crippen molar-refractivity contribution in [3.05, 3.63) is 35.9 Å². The summed E-state index contributed by atoms with van der Waals surface area (Å²) < 4.78 is 0. The van der Waals surface area contributed by atoms with Gasteiger partial charge in [-0.05, 0) is 63.5 Å². The van der Waals surface area contributed by atoms with E-state index in [0.29, 0.717) is 0 Å². The smallest absolute Gasteiger partial charge is 0.000663 e. The molecule has 2 heteroatoms. The van der Waals surface area contributed by atoms with E-state index in [2.05, 4.69) is 47.5 Å². The van der Waals surface area contributed by atoms with Crippen molar-refractivity contribution in [1.82, 2.24) is 10.2 Å². The molecule has 0 unspecified atom stereocenters. The van der Waals surface area contributed by atoms with Gasteiger partial charge in [0.15, 0.2) is 0 Å². The number of likely N-dealkylation sites (tertiary alicyclic amines) is 1. The van der Waals surface area contributed by atoms with Crippen molar-refractivity contribution in [3.63, 3.8) is 0 Å². The van der Waals surface area contributed by atoms with Gasteiger partial charge in [0.25, 0.3) is 0 Å². The van der Waals surface area contributed by atoms with Crippen molar-refractivity contribution in [1.29, 1.82) is 0 Å². The number of nitrogens with zero attached hydrogens (tertiary/aromatic N) is 1. The van der Waals surface area contributed by atoms with Gasteiger partial charge in [-0.3, -0.25) is 0 Å². The van der Waals surface area contributed by atoms with E-state index in [0.717, 1.165) is 19.0 Å². The fourth-order valence-electron chi connectivity index (χ4n) is 2.82. The van der Waals surface area contributed by atoms with Crippen LogP contribution in [-0.2, 0) is 0 Å². The maximum Gasteiger partial charge on any atom is -0.000663 e. The zero-order valence-electron chi connectivity index (χ0n) is 11.6. The van der Waals surface area contributed by atoms with Crippen LogP contribution in [0.25, 0.3) is 0 Å². The summed E-state index contributed by atoms with van der Waals surface area (Å²) in [5, 5.41) is 3.40. The van der Waals surface area contributed by atoms with E-state index in [9.17, 15) is 0 Å². The van der Waals surface area contributed by atoms with Crippen molar-refractivity contribution in [2.24, 2.45) is 0 Å². The van der Waals surface area contributed by atoms with Gasteiger partial charge in [-0.1, -0.05) is 37.3 Å². The molecule has 1 saturated heterocycles. The highest BCUT2D eigenvalue weighted by Crippen LogP contribution is 2.27. The summed E-state index contributed by atoms with van der Waals surface area (Å²) in [5.41, 5.74) is 1.53. The molecule has 100 valence electrons. The first-order valence-electron chi connectivity index (χ1n) is 7.38. The van der Waals surface area contributed by atoms with Crippen molar-refractivity contribution < 1.29 is 0 Å². The van der Waals surface area contributed by atoms with E-state index < -0.39 is 0 Å². The van der Waals surface area contributed by atoms with Crippen molar-refractivity contribution in [2.75, 3.05) is 32.7 Å². The molecule has 1 fully saturated rings. The Morgan fingerprint density at radius 1 is 1.17 bits per heavy atom. The van der Waals surface area contributed by atoms with Gasteiger partial charge in [-0.15, -0.1) is 0 Å². The standard InChI is InChI=1S/C16H26N2/c1-2-17-11-6-12-18-13-9-16(10-14-18)15-7-4-3-5-8-15/h3-5,7-8,16-17H,2,6,9-14H2,1H3. The molecule has 1 aromatic carbocycles. The van der Waals surface area contributed by atoms with Crippen LogP contribution in [0.5, 0.6) is 0 Å². The van der Waals surface area contributed by atoms with Crippen LogP contribution in [0, 0.1) is 0 Å². The van der Waals surface area contributed by atoms with Crippen LogP contribution in [0.3, 0.4) is 0 Å². The Kier molecular flexibility index (Phi) is 5.69. The van der Waals surface area contributed by atoms with E-state index in [1.54, 1.807) is 0 Å². The van der Waals surface area contributed by atoms with Crippen LogP contribution < -0.4 is 5.32 Å². The van der Waals surface area contributed by atoms with Gasteiger partial charge >= 0.3 is 0 Å². The van der Waals surface area contributed by atoms with Gasteiger partial charge in [0.2, 0.25) is 0 Å². The van der Waals surface area contributed by atoms with Crippen LogP contribution in [0.4, 0.5) is 0 Å².